The quantitative estimate of drug-likeness (QED) is 0.190. The summed E-state index contributed by atoms with van der Waals surface area (Å²) in [7, 11) is 1.22. The largest absolute Gasteiger partial charge is 0.508 e. The molecule has 0 aliphatic carbocycles. The van der Waals surface area contributed by atoms with Gasteiger partial charge in [0.2, 0.25) is 0 Å². The van der Waals surface area contributed by atoms with Crippen LogP contribution in [0.15, 0.2) is 18.2 Å². The molecule has 2 N–H and O–H groups in total. The van der Waals surface area contributed by atoms with Crippen LogP contribution in [0.3, 0.4) is 0 Å². The van der Waals surface area contributed by atoms with Gasteiger partial charge in [-0.2, -0.15) is 0 Å². The Morgan fingerprint density at radius 3 is 2.00 bits per heavy atom. The molecule has 40 heavy (non-hydrogen) atoms. The van der Waals surface area contributed by atoms with Crippen molar-refractivity contribution in [3.05, 3.63) is 23.8 Å². The molecule has 0 aliphatic rings. The van der Waals surface area contributed by atoms with E-state index in [4.69, 9.17) is 29.4 Å². The van der Waals surface area contributed by atoms with Gasteiger partial charge in [-0.1, -0.05) is 59.9 Å². The first-order valence-electron chi connectivity index (χ1n) is 14.1. The van der Waals surface area contributed by atoms with Gasteiger partial charge in [-0.05, 0) is 42.9 Å². The molecule has 1 rings (SSSR count). The van der Waals surface area contributed by atoms with Crippen LogP contribution in [0, 0.1) is 11.8 Å². The summed E-state index contributed by atoms with van der Waals surface area (Å²) in [6, 6.07) is 4.66. The van der Waals surface area contributed by atoms with Gasteiger partial charge in [-0.15, -0.1) is 0 Å². The Labute approximate surface area is 238 Å². The number of hydrogen-bond donors (Lipinski definition) is 1. The normalized spacial score (nSPS) is 14.7. The van der Waals surface area contributed by atoms with Crippen LogP contribution in [0.2, 0.25) is 0 Å². The fourth-order valence-electron chi connectivity index (χ4n) is 3.82. The molecule has 0 fully saturated rings. The molecule has 4 atom stereocenters. The molecule has 0 saturated heterocycles. The second kappa shape index (κ2) is 17.5. The molecule has 0 aliphatic heterocycles. The van der Waals surface area contributed by atoms with Gasteiger partial charge in [0.1, 0.15) is 11.6 Å². The standard InChI is InChI=1S/C30H47NO9/c1-8-11-22(6)38-29(35)37-15-14-30(31,28(34)36-7)19-23-12-13-24(39-26(32)16-20(4)9-2)25(18-23)40-27(33)17-21(5)10-3/h12-13,18,20-22H,8-11,14-17,19,31H2,1-7H3/t20?,21?,22-,30+/m0/s1. The lowest BCUT2D eigenvalue weighted by Crippen LogP contribution is -2.51. The fraction of sp³-hybridized carbons (Fsp3) is 0.667. The molecular formula is C30H47NO9. The molecule has 1 aromatic rings. The topological polar surface area (TPSA) is 140 Å². The van der Waals surface area contributed by atoms with Crippen molar-refractivity contribution in [2.75, 3.05) is 13.7 Å². The lowest BCUT2D eigenvalue weighted by molar-refractivity contribution is -0.148. The highest BCUT2D eigenvalue weighted by Gasteiger charge is 2.36. The Hall–Kier alpha value is -3.14. The Kier molecular flexibility index (Phi) is 15.3. The maximum Gasteiger partial charge on any atom is 0.508 e. The molecule has 0 spiro atoms. The minimum atomic E-state index is -1.56. The van der Waals surface area contributed by atoms with E-state index in [9.17, 15) is 19.2 Å². The van der Waals surface area contributed by atoms with Gasteiger partial charge in [0.15, 0.2) is 11.5 Å². The van der Waals surface area contributed by atoms with E-state index < -0.39 is 29.6 Å². The van der Waals surface area contributed by atoms with Crippen molar-refractivity contribution in [2.45, 2.75) is 105 Å². The number of hydrogen-bond acceptors (Lipinski definition) is 10. The van der Waals surface area contributed by atoms with Gasteiger partial charge in [-0.25, -0.2) is 4.79 Å². The summed E-state index contributed by atoms with van der Waals surface area (Å²) in [4.78, 5) is 49.7. The molecule has 10 nitrogen and oxygen atoms in total. The van der Waals surface area contributed by atoms with Crippen LogP contribution in [0.4, 0.5) is 4.79 Å². The predicted molar refractivity (Wildman–Crippen MR) is 150 cm³/mol. The molecule has 10 heteroatoms. The first kappa shape index (κ1) is 34.9. The number of benzene rings is 1. The number of carbonyl (C=O) groups is 4. The van der Waals surface area contributed by atoms with Gasteiger partial charge in [0.25, 0.3) is 0 Å². The van der Waals surface area contributed by atoms with Crippen LogP contribution >= 0.6 is 0 Å². The highest BCUT2D eigenvalue weighted by atomic mass is 16.7. The Morgan fingerprint density at radius 2 is 1.48 bits per heavy atom. The third-order valence-corrected chi connectivity index (χ3v) is 6.75. The van der Waals surface area contributed by atoms with Crippen LogP contribution in [-0.2, 0) is 35.0 Å². The van der Waals surface area contributed by atoms with Gasteiger partial charge < -0.3 is 29.4 Å². The van der Waals surface area contributed by atoms with E-state index in [0.29, 0.717) is 12.0 Å². The molecule has 0 aromatic heterocycles. The van der Waals surface area contributed by atoms with Crippen molar-refractivity contribution in [2.24, 2.45) is 17.6 Å². The molecule has 2 unspecified atom stereocenters. The number of rotatable bonds is 17. The van der Waals surface area contributed by atoms with Crippen molar-refractivity contribution in [1.29, 1.82) is 0 Å². The van der Waals surface area contributed by atoms with Gasteiger partial charge in [-0.3, -0.25) is 14.4 Å². The van der Waals surface area contributed by atoms with Gasteiger partial charge in [0, 0.05) is 25.7 Å². The van der Waals surface area contributed by atoms with E-state index in [1.54, 1.807) is 13.0 Å². The molecule has 0 bridgehead atoms. The molecular weight excluding hydrogens is 518 g/mol. The lowest BCUT2D eigenvalue weighted by atomic mass is 9.88. The number of carbonyl (C=O) groups excluding carboxylic acids is 4. The monoisotopic (exact) mass is 565 g/mol. The predicted octanol–water partition coefficient (Wildman–Crippen LogP) is 5.51. The smallest absolute Gasteiger partial charge is 0.468 e. The van der Waals surface area contributed by atoms with Crippen molar-refractivity contribution in [3.63, 3.8) is 0 Å². The van der Waals surface area contributed by atoms with Crippen molar-refractivity contribution >= 4 is 24.1 Å². The Balaban J connectivity index is 3.14. The summed E-state index contributed by atoms with van der Waals surface area (Å²) < 4.78 is 26.4. The minimum Gasteiger partial charge on any atom is -0.468 e. The van der Waals surface area contributed by atoms with E-state index in [1.165, 1.54) is 19.2 Å². The maximum atomic E-state index is 12.7. The molecule has 0 heterocycles. The molecule has 1 aromatic carbocycles. The second-order valence-electron chi connectivity index (χ2n) is 10.6. The SMILES string of the molecule is CCC[C@H](C)OC(=O)OCC[C@@](N)(Cc1ccc(OC(=O)CC(C)CC)c(OC(=O)CC(C)CC)c1)C(=O)OC. The molecule has 0 amide bonds. The summed E-state index contributed by atoms with van der Waals surface area (Å²) in [5.74, 6) is -1.22. The number of methoxy groups -OCH3 is 1. The summed E-state index contributed by atoms with van der Waals surface area (Å²) in [6.07, 6.45) is 2.36. The number of esters is 3. The fourth-order valence-corrected chi connectivity index (χ4v) is 3.82. The highest BCUT2D eigenvalue weighted by Crippen LogP contribution is 2.32. The lowest BCUT2D eigenvalue weighted by Gasteiger charge is -2.27. The summed E-state index contributed by atoms with van der Waals surface area (Å²) >= 11 is 0. The van der Waals surface area contributed by atoms with E-state index in [1.807, 2.05) is 34.6 Å². The van der Waals surface area contributed by atoms with Crippen LogP contribution in [-0.4, -0.2) is 49.4 Å². The van der Waals surface area contributed by atoms with Crippen LogP contribution < -0.4 is 15.2 Å². The van der Waals surface area contributed by atoms with Crippen LogP contribution in [0.25, 0.3) is 0 Å². The molecule has 0 saturated carbocycles. The maximum absolute atomic E-state index is 12.7. The van der Waals surface area contributed by atoms with Crippen molar-refractivity contribution in [1.82, 2.24) is 0 Å². The van der Waals surface area contributed by atoms with Crippen molar-refractivity contribution < 1.29 is 42.9 Å². The third-order valence-electron chi connectivity index (χ3n) is 6.75. The average molecular weight is 566 g/mol. The first-order chi connectivity index (χ1) is 18.9. The van der Waals surface area contributed by atoms with Crippen molar-refractivity contribution in [3.8, 4) is 11.5 Å². The Morgan fingerprint density at radius 1 is 0.900 bits per heavy atom. The first-order valence-corrected chi connectivity index (χ1v) is 14.1. The average Bonchev–Trinajstić information content (AvgIpc) is 2.89. The highest BCUT2D eigenvalue weighted by molar-refractivity contribution is 5.81. The van der Waals surface area contributed by atoms with E-state index >= 15 is 0 Å². The summed E-state index contributed by atoms with van der Waals surface area (Å²) in [5, 5.41) is 0. The zero-order valence-electron chi connectivity index (χ0n) is 25.1. The van der Waals surface area contributed by atoms with Crippen LogP contribution in [0.1, 0.15) is 92.1 Å². The Bertz CT molecular complexity index is 980. The zero-order chi connectivity index (χ0) is 30.3. The molecule has 226 valence electrons. The van der Waals surface area contributed by atoms with E-state index in [2.05, 4.69) is 0 Å². The minimum absolute atomic E-state index is 0.0265. The number of nitrogens with two attached hydrogens (primary N) is 1. The molecule has 0 radical (unpaired) electrons. The van der Waals surface area contributed by atoms with E-state index in [0.717, 1.165) is 19.3 Å². The van der Waals surface area contributed by atoms with Gasteiger partial charge >= 0.3 is 24.1 Å². The third kappa shape index (κ3) is 12.4. The van der Waals surface area contributed by atoms with E-state index in [-0.39, 0.29) is 61.7 Å². The summed E-state index contributed by atoms with van der Waals surface area (Å²) in [5.41, 5.74) is 5.41. The zero-order valence-corrected chi connectivity index (χ0v) is 25.1. The number of ether oxygens (including phenoxy) is 5. The summed E-state index contributed by atoms with van der Waals surface area (Å²) in [6.45, 7) is 11.4. The van der Waals surface area contributed by atoms with Crippen LogP contribution in [0.5, 0.6) is 11.5 Å². The van der Waals surface area contributed by atoms with Gasteiger partial charge in [0.05, 0.1) is 13.7 Å². The second-order valence-corrected chi connectivity index (χ2v) is 10.6.